The number of rotatable bonds is 12. The minimum Gasteiger partial charge on any atom is -0.479 e. The molecule has 0 bridgehead atoms. The van der Waals surface area contributed by atoms with Gasteiger partial charge in [0.15, 0.2) is 5.66 Å². The van der Waals surface area contributed by atoms with E-state index in [0.717, 1.165) is 6.42 Å². The first kappa shape index (κ1) is 27.3. The summed E-state index contributed by atoms with van der Waals surface area (Å²) in [7, 11) is -2.55. The Hall–Kier alpha value is -1.25. The summed E-state index contributed by atoms with van der Waals surface area (Å²) < 4.78 is 35.3. The molecule has 0 saturated heterocycles. The molecule has 0 heterocycles. The number of ether oxygens (including phenoxy) is 2. The smallest absolute Gasteiger partial charge is 0.344 e. The molecule has 2 aliphatic rings. The van der Waals surface area contributed by atoms with Gasteiger partial charge in [-0.25, -0.2) is 0 Å². The molecule has 2 aliphatic carbocycles. The zero-order valence-electron chi connectivity index (χ0n) is 20.1. The average Bonchev–Trinajstić information content (AvgIpc) is 3.16. The highest BCUT2D eigenvalue weighted by molar-refractivity contribution is 8.23. The molecule has 1 fully saturated rings. The number of hydrogen-bond acceptors (Lipinski definition) is 9. The van der Waals surface area contributed by atoms with Gasteiger partial charge in [0.05, 0.1) is 26.9 Å². The Labute approximate surface area is 211 Å². The van der Waals surface area contributed by atoms with Crippen LogP contribution in [-0.4, -0.2) is 54.0 Å². The van der Waals surface area contributed by atoms with E-state index in [1.165, 1.54) is 30.0 Å². The standard InChI is InChI=1S/C24H33O7PS2/c1-5-29-24(33)34-16(14-20(23(26)28-4)32(27,30-6-2)31-7-3)13-19-21-17-11-9-8-10-15(17)12-18(21)22(19)25/h8-11,16,18-21H,5-7,12-14H2,1-4H3/t16?,18-,19?,20?,21+/m1/s1. The van der Waals surface area contributed by atoms with E-state index in [-0.39, 0.29) is 48.4 Å². The zero-order chi connectivity index (χ0) is 24.9. The Kier molecular flexibility index (Phi) is 9.75. The Morgan fingerprint density at radius 2 is 1.85 bits per heavy atom. The summed E-state index contributed by atoms with van der Waals surface area (Å²) in [4.78, 5) is 25.8. The molecule has 3 unspecified atom stereocenters. The van der Waals surface area contributed by atoms with Crippen LogP contribution < -0.4 is 0 Å². The Morgan fingerprint density at radius 1 is 1.18 bits per heavy atom. The van der Waals surface area contributed by atoms with Crippen molar-refractivity contribution in [2.75, 3.05) is 26.9 Å². The van der Waals surface area contributed by atoms with Gasteiger partial charge in [0.1, 0.15) is 5.78 Å². The molecular weight excluding hydrogens is 495 g/mol. The maximum absolute atomic E-state index is 13.6. The second-order valence-corrected chi connectivity index (χ2v) is 12.5. The number of Topliss-reactive ketones (excluding diaryl/α,β-unsaturated/α-hetero) is 1. The normalized spacial score (nSPS) is 22.8. The van der Waals surface area contributed by atoms with E-state index >= 15 is 0 Å². The van der Waals surface area contributed by atoms with Crippen molar-refractivity contribution < 1.29 is 32.7 Å². The molecule has 0 aliphatic heterocycles. The van der Waals surface area contributed by atoms with Gasteiger partial charge >= 0.3 is 13.6 Å². The van der Waals surface area contributed by atoms with Crippen molar-refractivity contribution in [1.29, 1.82) is 0 Å². The fraction of sp³-hybridized carbons (Fsp3) is 0.625. The van der Waals surface area contributed by atoms with Gasteiger partial charge in [0, 0.05) is 23.0 Å². The van der Waals surface area contributed by atoms with Crippen LogP contribution in [0.15, 0.2) is 24.3 Å². The molecule has 1 aromatic carbocycles. The molecule has 0 aromatic heterocycles. The number of thioether (sulfide) groups is 1. The first-order valence-electron chi connectivity index (χ1n) is 11.7. The predicted octanol–water partition coefficient (Wildman–Crippen LogP) is 5.15. The van der Waals surface area contributed by atoms with Crippen LogP contribution in [0.5, 0.6) is 0 Å². The van der Waals surface area contributed by atoms with Gasteiger partial charge in [0.2, 0.25) is 4.38 Å². The number of carbonyl (C=O) groups excluding carboxylic acids is 2. The summed E-state index contributed by atoms with van der Waals surface area (Å²) in [6.45, 7) is 5.90. The van der Waals surface area contributed by atoms with Gasteiger partial charge in [0.25, 0.3) is 0 Å². The molecule has 34 heavy (non-hydrogen) atoms. The highest BCUT2D eigenvalue weighted by Gasteiger charge is 2.55. The third-order valence-corrected chi connectivity index (χ3v) is 10.3. The average molecular weight is 529 g/mol. The molecule has 0 amide bonds. The summed E-state index contributed by atoms with van der Waals surface area (Å²) in [5.41, 5.74) is 1.33. The molecule has 10 heteroatoms. The molecule has 1 saturated carbocycles. The fourth-order valence-electron chi connectivity index (χ4n) is 5.08. The van der Waals surface area contributed by atoms with Crippen LogP contribution in [0.25, 0.3) is 0 Å². The van der Waals surface area contributed by atoms with Crippen LogP contribution in [-0.2, 0) is 39.1 Å². The van der Waals surface area contributed by atoms with Crippen molar-refractivity contribution in [1.82, 2.24) is 0 Å². The lowest BCUT2D eigenvalue weighted by Gasteiger charge is -2.41. The first-order chi connectivity index (χ1) is 16.3. The minimum atomic E-state index is -3.80. The van der Waals surface area contributed by atoms with Crippen molar-refractivity contribution in [3.05, 3.63) is 35.4 Å². The van der Waals surface area contributed by atoms with Crippen LogP contribution in [0, 0.1) is 11.8 Å². The second kappa shape index (κ2) is 12.1. The fourth-order valence-corrected chi connectivity index (χ4v) is 8.83. The first-order valence-corrected chi connectivity index (χ1v) is 14.6. The van der Waals surface area contributed by atoms with Gasteiger partial charge in [-0.1, -0.05) is 36.0 Å². The van der Waals surface area contributed by atoms with E-state index in [9.17, 15) is 14.2 Å². The SMILES string of the molecule is CCOC(=S)SC(CC1C(=O)[C@@H]2Cc3ccccc3[C@H]12)CC(C(=O)OC)P(=O)(OCC)OCC. The van der Waals surface area contributed by atoms with Crippen LogP contribution in [0.2, 0.25) is 0 Å². The van der Waals surface area contributed by atoms with Gasteiger partial charge in [-0.15, -0.1) is 0 Å². The van der Waals surface area contributed by atoms with E-state index in [1.54, 1.807) is 13.8 Å². The number of ketones is 1. The zero-order valence-corrected chi connectivity index (χ0v) is 22.6. The number of fused-ring (bicyclic) bond motifs is 3. The number of benzene rings is 1. The molecule has 0 N–H and O–H groups in total. The van der Waals surface area contributed by atoms with Crippen molar-refractivity contribution in [3.8, 4) is 0 Å². The molecule has 3 rings (SSSR count). The lowest BCUT2D eigenvalue weighted by Crippen LogP contribution is -2.45. The maximum Gasteiger partial charge on any atom is 0.344 e. The molecule has 7 nitrogen and oxygen atoms in total. The minimum absolute atomic E-state index is 0.0150. The van der Waals surface area contributed by atoms with Crippen LogP contribution in [0.4, 0.5) is 0 Å². The topological polar surface area (TPSA) is 88.1 Å². The van der Waals surface area contributed by atoms with E-state index in [2.05, 4.69) is 12.1 Å². The predicted molar refractivity (Wildman–Crippen MR) is 136 cm³/mol. The van der Waals surface area contributed by atoms with Gasteiger partial charge in [-0.2, -0.15) is 0 Å². The maximum atomic E-state index is 13.6. The number of hydrogen-bond donors (Lipinski definition) is 0. The summed E-state index contributed by atoms with van der Waals surface area (Å²) in [5, 5.41) is -0.306. The van der Waals surface area contributed by atoms with E-state index in [4.69, 9.17) is 30.7 Å². The molecule has 5 atom stereocenters. The summed E-state index contributed by atoms with van der Waals surface area (Å²) >= 11 is 6.66. The number of carbonyl (C=O) groups is 2. The van der Waals surface area contributed by atoms with Crippen LogP contribution in [0.3, 0.4) is 0 Å². The van der Waals surface area contributed by atoms with Gasteiger partial charge < -0.3 is 18.5 Å². The molecular formula is C24H33O7PS2. The van der Waals surface area contributed by atoms with Crippen LogP contribution >= 0.6 is 31.6 Å². The van der Waals surface area contributed by atoms with Gasteiger partial charge in [-0.3, -0.25) is 14.2 Å². The molecule has 188 valence electrons. The lowest BCUT2D eigenvalue weighted by atomic mass is 9.62. The number of methoxy groups -OCH3 is 1. The molecule has 0 spiro atoms. The van der Waals surface area contributed by atoms with E-state index < -0.39 is 19.2 Å². The second-order valence-electron chi connectivity index (χ2n) is 8.35. The number of thiocarbonyl (C=S) groups is 1. The Bertz CT molecular complexity index is 943. The summed E-state index contributed by atoms with van der Waals surface area (Å²) in [6.07, 6.45) is 1.39. The molecule has 0 radical (unpaired) electrons. The van der Waals surface area contributed by atoms with Crippen molar-refractivity contribution >= 4 is 47.7 Å². The van der Waals surface area contributed by atoms with Gasteiger partial charge in [-0.05, 0) is 63.4 Å². The van der Waals surface area contributed by atoms with E-state index in [1.807, 2.05) is 19.1 Å². The summed E-state index contributed by atoms with van der Waals surface area (Å²) in [6, 6.07) is 8.19. The monoisotopic (exact) mass is 528 g/mol. The highest BCUT2D eigenvalue weighted by atomic mass is 32.2. The van der Waals surface area contributed by atoms with Crippen LogP contribution in [0.1, 0.15) is 50.7 Å². The number of esters is 1. The lowest BCUT2D eigenvalue weighted by molar-refractivity contribution is -0.140. The van der Waals surface area contributed by atoms with E-state index in [0.29, 0.717) is 17.4 Å². The van der Waals surface area contributed by atoms with Crippen molar-refractivity contribution in [2.45, 2.75) is 56.9 Å². The molecule has 1 aromatic rings. The quantitative estimate of drug-likeness (QED) is 0.208. The Balaban J connectivity index is 1.86. The largest absolute Gasteiger partial charge is 0.479 e. The Morgan fingerprint density at radius 3 is 2.47 bits per heavy atom. The third-order valence-electron chi connectivity index (χ3n) is 6.45. The highest BCUT2D eigenvalue weighted by Crippen LogP contribution is 2.58. The third kappa shape index (κ3) is 5.76. The summed E-state index contributed by atoms with van der Waals surface area (Å²) in [5.74, 6) is -0.438. The van der Waals surface area contributed by atoms with Crippen molar-refractivity contribution in [3.63, 3.8) is 0 Å². The van der Waals surface area contributed by atoms with Crippen molar-refractivity contribution in [2.24, 2.45) is 11.8 Å².